The van der Waals surface area contributed by atoms with Gasteiger partial charge in [0.1, 0.15) is 5.76 Å². The van der Waals surface area contributed by atoms with E-state index in [-0.39, 0.29) is 6.54 Å². The lowest BCUT2D eigenvalue weighted by atomic mass is 10.2. The largest absolute Gasteiger partial charge is 0.468 e. The van der Waals surface area contributed by atoms with Crippen LogP contribution >= 0.6 is 0 Å². The van der Waals surface area contributed by atoms with E-state index in [4.69, 9.17) is 4.42 Å². The fourth-order valence-corrected chi connectivity index (χ4v) is 3.52. The van der Waals surface area contributed by atoms with Crippen molar-refractivity contribution in [1.82, 2.24) is 4.31 Å². The van der Waals surface area contributed by atoms with Gasteiger partial charge in [0.15, 0.2) is 0 Å². The lowest BCUT2D eigenvalue weighted by Crippen LogP contribution is -2.26. The van der Waals surface area contributed by atoms with E-state index in [1.54, 1.807) is 31.3 Å². The fourth-order valence-electron chi connectivity index (χ4n) is 2.33. The molecular weight excluding hydrogens is 276 g/mol. The van der Waals surface area contributed by atoms with Gasteiger partial charge in [-0.3, -0.25) is 0 Å². The fraction of sp³-hybridized carbons (Fsp3) is 0.286. The number of rotatable bonds is 4. The van der Waals surface area contributed by atoms with E-state index < -0.39 is 10.0 Å². The van der Waals surface area contributed by atoms with E-state index in [2.05, 4.69) is 5.32 Å². The molecule has 3 rings (SSSR count). The first-order valence-electron chi connectivity index (χ1n) is 6.43. The third-order valence-corrected chi connectivity index (χ3v) is 5.25. The van der Waals surface area contributed by atoms with E-state index in [1.807, 2.05) is 6.07 Å². The maximum atomic E-state index is 12.5. The van der Waals surface area contributed by atoms with Crippen LogP contribution in [-0.2, 0) is 23.0 Å². The van der Waals surface area contributed by atoms with Gasteiger partial charge in [-0.05, 0) is 42.3 Å². The summed E-state index contributed by atoms with van der Waals surface area (Å²) in [6.07, 6.45) is 2.40. The Morgan fingerprint density at radius 2 is 2.20 bits per heavy atom. The number of nitrogens with one attached hydrogen (secondary N) is 1. The van der Waals surface area contributed by atoms with Crippen LogP contribution in [0.15, 0.2) is 45.9 Å². The molecule has 1 aliphatic heterocycles. The smallest absolute Gasteiger partial charge is 0.243 e. The standard InChI is InChI=1S/C14H16N2O3S/c1-16(10-12-3-2-8-19-12)20(17,18)13-4-5-14-11(9-13)6-7-15-14/h2-5,8-9,15H,6-7,10H2,1H3. The summed E-state index contributed by atoms with van der Waals surface area (Å²) in [6.45, 7) is 1.09. The summed E-state index contributed by atoms with van der Waals surface area (Å²) in [5.41, 5.74) is 2.08. The summed E-state index contributed by atoms with van der Waals surface area (Å²) < 4.78 is 31.5. The second-order valence-corrected chi connectivity index (χ2v) is 6.88. The predicted octanol–water partition coefficient (Wildman–Crippen LogP) is 2.07. The number of anilines is 1. The van der Waals surface area contributed by atoms with Crippen LogP contribution in [0.5, 0.6) is 0 Å². The van der Waals surface area contributed by atoms with Crippen molar-refractivity contribution in [1.29, 1.82) is 0 Å². The molecule has 0 unspecified atom stereocenters. The first-order valence-corrected chi connectivity index (χ1v) is 7.87. The molecule has 0 amide bonds. The lowest BCUT2D eigenvalue weighted by molar-refractivity contribution is 0.406. The minimum atomic E-state index is -3.49. The lowest BCUT2D eigenvalue weighted by Gasteiger charge is -2.16. The Balaban J connectivity index is 1.87. The molecule has 1 aliphatic rings. The number of sulfonamides is 1. The average molecular weight is 292 g/mol. The zero-order valence-electron chi connectivity index (χ0n) is 11.2. The van der Waals surface area contributed by atoms with Gasteiger partial charge in [0.25, 0.3) is 0 Å². The van der Waals surface area contributed by atoms with Gasteiger partial charge >= 0.3 is 0 Å². The molecule has 1 N–H and O–H groups in total. The summed E-state index contributed by atoms with van der Waals surface area (Å²) in [5, 5.41) is 3.22. The predicted molar refractivity (Wildman–Crippen MR) is 76.0 cm³/mol. The van der Waals surface area contributed by atoms with E-state index in [0.717, 1.165) is 24.2 Å². The van der Waals surface area contributed by atoms with E-state index in [0.29, 0.717) is 10.7 Å². The highest BCUT2D eigenvalue weighted by molar-refractivity contribution is 7.89. The average Bonchev–Trinajstić information content (AvgIpc) is 3.07. The van der Waals surface area contributed by atoms with Gasteiger partial charge < -0.3 is 9.73 Å². The van der Waals surface area contributed by atoms with Gasteiger partial charge in [-0.25, -0.2) is 8.42 Å². The molecule has 6 heteroatoms. The molecule has 0 saturated heterocycles. The van der Waals surface area contributed by atoms with Crippen molar-refractivity contribution in [2.45, 2.75) is 17.9 Å². The Labute approximate surface area is 118 Å². The number of hydrogen-bond acceptors (Lipinski definition) is 4. The van der Waals surface area contributed by atoms with Gasteiger partial charge in [-0.1, -0.05) is 0 Å². The molecule has 0 radical (unpaired) electrons. The van der Waals surface area contributed by atoms with Gasteiger partial charge in [0.05, 0.1) is 17.7 Å². The van der Waals surface area contributed by atoms with E-state index in [9.17, 15) is 8.42 Å². The van der Waals surface area contributed by atoms with Crippen molar-refractivity contribution in [2.75, 3.05) is 18.9 Å². The minimum absolute atomic E-state index is 0.227. The summed E-state index contributed by atoms with van der Waals surface area (Å²) >= 11 is 0. The van der Waals surface area contributed by atoms with Gasteiger partial charge in [-0.15, -0.1) is 0 Å². The van der Waals surface area contributed by atoms with Crippen LogP contribution in [0.1, 0.15) is 11.3 Å². The molecular formula is C14H16N2O3S. The summed E-state index contributed by atoms with van der Waals surface area (Å²) in [4.78, 5) is 0.328. The maximum absolute atomic E-state index is 12.5. The van der Waals surface area contributed by atoms with Gasteiger partial charge in [0, 0.05) is 19.3 Å². The molecule has 0 atom stereocenters. The first kappa shape index (κ1) is 13.2. The molecule has 5 nitrogen and oxygen atoms in total. The van der Waals surface area contributed by atoms with Crippen LogP contribution in [0.2, 0.25) is 0 Å². The van der Waals surface area contributed by atoms with Crippen molar-refractivity contribution in [3.8, 4) is 0 Å². The molecule has 2 heterocycles. The Kier molecular flexibility index (Phi) is 3.27. The molecule has 2 aromatic rings. The molecule has 1 aromatic carbocycles. The topological polar surface area (TPSA) is 62.6 Å². The van der Waals surface area contributed by atoms with E-state index >= 15 is 0 Å². The third-order valence-electron chi connectivity index (χ3n) is 3.45. The van der Waals surface area contributed by atoms with Gasteiger partial charge in [-0.2, -0.15) is 4.31 Å². The highest BCUT2D eigenvalue weighted by Gasteiger charge is 2.23. The van der Waals surface area contributed by atoms with Crippen molar-refractivity contribution in [3.63, 3.8) is 0 Å². The van der Waals surface area contributed by atoms with Crippen molar-refractivity contribution in [3.05, 3.63) is 47.9 Å². The molecule has 0 fully saturated rings. The van der Waals surface area contributed by atoms with Crippen LogP contribution in [0.3, 0.4) is 0 Å². The first-order chi connectivity index (χ1) is 9.57. The minimum Gasteiger partial charge on any atom is -0.468 e. The molecule has 0 spiro atoms. The van der Waals surface area contributed by atoms with Crippen LogP contribution in [-0.4, -0.2) is 26.3 Å². The van der Waals surface area contributed by atoms with E-state index in [1.165, 1.54) is 10.6 Å². The molecule has 20 heavy (non-hydrogen) atoms. The molecule has 0 saturated carbocycles. The number of benzene rings is 1. The maximum Gasteiger partial charge on any atom is 0.243 e. The van der Waals surface area contributed by atoms with Crippen LogP contribution in [0, 0.1) is 0 Å². The number of hydrogen-bond donors (Lipinski definition) is 1. The molecule has 1 aromatic heterocycles. The highest BCUT2D eigenvalue weighted by atomic mass is 32.2. The van der Waals surface area contributed by atoms with Crippen LogP contribution in [0.25, 0.3) is 0 Å². The van der Waals surface area contributed by atoms with Crippen LogP contribution in [0.4, 0.5) is 5.69 Å². The summed E-state index contributed by atoms with van der Waals surface area (Å²) in [5.74, 6) is 0.624. The molecule has 0 bridgehead atoms. The van der Waals surface area contributed by atoms with Crippen molar-refractivity contribution in [2.24, 2.45) is 0 Å². The van der Waals surface area contributed by atoms with Crippen LogP contribution < -0.4 is 5.32 Å². The van der Waals surface area contributed by atoms with Gasteiger partial charge in [0.2, 0.25) is 10.0 Å². The quantitative estimate of drug-likeness (QED) is 0.937. The van der Waals surface area contributed by atoms with Crippen molar-refractivity contribution < 1.29 is 12.8 Å². The zero-order chi connectivity index (χ0) is 14.2. The third kappa shape index (κ3) is 2.32. The zero-order valence-corrected chi connectivity index (χ0v) is 12.0. The Morgan fingerprint density at radius 3 is 2.95 bits per heavy atom. The Hall–Kier alpha value is -1.79. The SMILES string of the molecule is CN(Cc1ccco1)S(=O)(=O)c1ccc2c(c1)CCN2. The normalized spacial score (nSPS) is 14.3. The Bertz CT molecular complexity index is 708. The van der Waals surface area contributed by atoms with Crippen molar-refractivity contribution >= 4 is 15.7 Å². The number of furan rings is 1. The second-order valence-electron chi connectivity index (χ2n) is 4.84. The summed E-state index contributed by atoms with van der Waals surface area (Å²) in [7, 11) is -1.93. The number of nitrogens with zero attached hydrogens (tertiary/aromatic N) is 1. The molecule has 0 aliphatic carbocycles. The second kappa shape index (κ2) is 4.96. The highest BCUT2D eigenvalue weighted by Crippen LogP contribution is 2.26. The number of fused-ring (bicyclic) bond motifs is 1. The molecule has 106 valence electrons. The Morgan fingerprint density at radius 1 is 1.35 bits per heavy atom. The monoisotopic (exact) mass is 292 g/mol. The summed E-state index contributed by atoms with van der Waals surface area (Å²) in [6, 6.07) is 8.74.